The lowest BCUT2D eigenvalue weighted by Gasteiger charge is -2.01. The van der Waals surface area contributed by atoms with Crippen molar-refractivity contribution in [2.45, 2.75) is 20.8 Å². The monoisotopic (exact) mass is 333 g/mol. The molecule has 0 bridgehead atoms. The molecule has 1 aromatic heterocycles. The van der Waals surface area contributed by atoms with E-state index in [1.165, 1.54) is 11.3 Å². The highest BCUT2D eigenvalue weighted by Gasteiger charge is 2.15. The Kier molecular flexibility index (Phi) is 6.10. The Morgan fingerprint density at radius 1 is 1.30 bits per heavy atom. The average molecular weight is 333 g/mol. The zero-order valence-corrected chi connectivity index (χ0v) is 14.1. The van der Waals surface area contributed by atoms with Crippen LogP contribution in [0.2, 0.25) is 0 Å². The topological polar surface area (TPSA) is 72.8 Å². The minimum Gasteiger partial charge on any atom is -0.494 e. The summed E-state index contributed by atoms with van der Waals surface area (Å²) in [4.78, 5) is 16.5. The van der Waals surface area contributed by atoms with Gasteiger partial charge in [-0.25, -0.2) is 9.78 Å². The van der Waals surface area contributed by atoms with Gasteiger partial charge in [-0.05, 0) is 50.6 Å². The molecule has 0 fully saturated rings. The smallest absolute Gasteiger partial charge is 0.350 e. The van der Waals surface area contributed by atoms with Gasteiger partial charge >= 0.3 is 5.97 Å². The molecule has 1 aromatic carbocycles. The lowest BCUT2D eigenvalue weighted by atomic mass is 10.2. The molecule has 2 aromatic rings. The van der Waals surface area contributed by atoms with E-state index in [1.807, 2.05) is 31.2 Å². The van der Waals surface area contributed by atoms with Crippen molar-refractivity contribution in [1.29, 1.82) is 0 Å². The number of nitrogens with zero attached hydrogens (tertiary/aromatic N) is 2. The SMILES string of the molecule is CCOC(=O)c1sc(N/N=C\c2ccc(OCC)cc2)nc1C. The van der Waals surface area contributed by atoms with Gasteiger partial charge < -0.3 is 9.47 Å². The molecule has 23 heavy (non-hydrogen) atoms. The third kappa shape index (κ3) is 4.79. The summed E-state index contributed by atoms with van der Waals surface area (Å²) in [6.07, 6.45) is 1.68. The number of thiazole rings is 1. The maximum absolute atomic E-state index is 11.7. The van der Waals surface area contributed by atoms with Crippen LogP contribution in [0.25, 0.3) is 0 Å². The van der Waals surface area contributed by atoms with Crippen molar-refractivity contribution < 1.29 is 14.3 Å². The van der Waals surface area contributed by atoms with Crippen LogP contribution in [0, 0.1) is 6.92 Å². The van der Waals surface area contributed by atoms with E-state index < -0.39 is 0 Å². The van der Waals surface area contributed by atoms with Gasteiger partial charge in [0.05, 0.1) is 25.1 Å². The first kappa shape index (κ1) is 17.0. The van der Waals surface area contributed by atoms with Crippen LogP contribution in [0.1, 0.15) is 34.8 Å². The van der Waals surface area contributed by atoms with Crippen molar-refractivity contribution in [3.05, 3.63) is 40.4 Å². The van der Waals surface area contributed by atoms with E-state index in [9.17, 15) is 4.79 Å². The van der Waals surface area contributed by atoms with E-state index in [-0.39, 0.29) is 5.97 Å². The van der Waals surface area contributed by atoms with Crippen LogP contribution < -0.4 is 10.2 Å². The van der Waals surface area contributed by atoms with Gasteiger partial charge in [-0.1, -0.05) is 11.3 Å². The molecule has 0 aliphatic carbocycles. The molecule has 0 atom stereocenters. The minimum atomic E-state index is -0.356. The van der Waals surface area contributed by atoms with Crippen molar-refractivity contribution >= 4 is 28.7 Å². The summed E-state index contributed by atoms with van der Waals surface area (Å²) >= 11 is 1.22. The quantitative estimate of drug-likeness (QED) is 0.477. The number of aromatic nitrogens is 1. The number of hydrogen-bond acceptors (Lipinski definition) is 7. The number of rotatable bonds is 7. The van der Waals surface area contributed by atoms with E-state index in [0.717, 1.165) is 11.3 Å². The fraction of sp³-hybridized carbons (Fsp3) is 0.312. The molecular formula is C16H19N3O3S. The molecule has 0 spiro atoms. The Hall–Kier alpha value is -2.41. The van der Waals surface area contributed by atoms with E-state index in [2.05, 4.69) is 15.5 Å². The lowest BCUT2D eigenvalue weighted by molar-refractivity contribution is 0.0531. The highest BCUT2D eigenvalue weighted by Crippen LogP contribution is 2.23. The number of hydrazone groups is 1. The fourth-order valence-electron chi connectivity index (χ4n) is 1.81. The average Bonchev–Trinajstić information content (AvgIpc) is 2.90. The van der Waals surface area contributed by atoms with Crippen molar-refractivity contribution in [1.82, 2.24) is 4.98 Å². The van der Waals surface area contributed by atoms with Crippen molar-refractivity contribution in [2.75, 3.05) is 18.6 Å². The Balaban J connectivity index is 1.97. The van der Waals surface area contributed by atoms with E-state index in [1.54, 1.807) is 20.1 Å². The number of esters is 1. The van der Waals surface area contributed by atoms with E-state index in [0.29, 0.717) is 28.9 Å². The van der Waals surface area contributed by atoms with Gasteiger partial charge in [0.25, 0.3) is 0 Å². The number of ether oxygens (including phenoxy) is 2. The number of aryl methyl sites for hydroxylation is 1. The summed E-state index contributed by atoms with van der Waals surface area (Å²) in [7, 11) is 0. The zero-order chi connectivity index (χ0) is 16.7. The van der Waals surface area contributed by atoms with Crippen LogP contribution in [0.3, 0.4) is 0 Å². The van der Waals surface area contributed by atoms with Crippen LogP contribution in [-0.4, -0.2) is 30.4 Å². The zero-order valence-electron chi connectivity index (χ0n) is 13.3. The Morgan fingerprint density at radius 3 is 2.70 bits per heavy atom. The van der Waals surface area contributed by atoms with Gasteiger partial charge in [0, 0.05) is 0 Å². The summed E-state index contributed by atoms with van der Waals surface area (Å²) in [5, 5.41) is 4.68. The Labute approximate surface area is 139 Å². The van der Waals surface area contributed by atoms with E-state index >= 15 is 0 Å². The fourth-order valence-corrected chi connectivity index (χ4v) is 2.62. The van der Waals surface area contributed by atoms with Gasteiger partial charge in [-0.3, -0.25) is 5.43 Å². The molecule has 1 N–H and O–H groups in total. The molecule has 122 valence electrons. The molecule has 0 unspecified atom stereocenters. The predicted octanol–water partition coefficient (Wildman–Crippen LogP) is 3.47. The summed E-state index contributed by atoms with van der Waals surface area (Å²) < 4.78 is 10.4. The van der Waals surface area contributed by atoms with Crippen LogP contribution >= 0.6 is 11.3 Å². The molecule has 0 saturated heterocycles. The molecule has 6 nitrogen and oxygen atoms in total. The first-order valence-electron chi connectivity index (χ1n) is 7.30. The minimum absolute atomic E-state index is 0.342. The van der Waals surface area contributed by atoms with Crippen LogP contribution in [0.5, 0.6) is 5.75 Å². The maximum Gasteiger partial charge on any atom is 0.350 e. The number of nitrogens with one attached hydrogen (secondary N) is 1. The van der Waals surface area contributed by atoms with Gasteiger partial charge in [0.15, 0.2) is 0 Å². The molecule has 1 heterocycles. The number of hydrogen-bond donors (Lipinski definition) is 1. The maximum atomic E-state index is 11.7. The molecule has 0 aliphatic heterocycles. The Bertz CT molecular complexity index is 680. The molecule has 0 aliphatic rings. The predicted molar refractivity (Wildman–Crippen MR) is 91.6 cm³/mol. The van der Waals surface area contributed by atoms with Gasteiger partial charge in [-0.15, -0.1) is 0 Å². The summed E-state index contributed by atoms with van der Waals surface area (Å²) in [6.45, 7) is 6.47. The highest BCUT2D eigenvalue weighted by molar-refractivity contribution is 7.17. The highest BCUT2D eigenvalue weighted by atomic mass is 32.1. The van der Waals surface area contributed by atoms with Gasteiger partial charge in [-0.2, -0.15) is 5.10 Å². The summed E-state index contributed by atoms with van der Waals surface area (Å²) in [5.74, 6) is 0.471. The second-order valence-electron chi connectivity index (χ2n) is 4.53. The molecule has 0 saturated carbocycles. The second kappa shape index (κ2) is 8.28. The van der Waals surface area contributed by atoms with Crippen molar-refractivity contribution in [3.63, 3.8) is 0 Å². The summed E-state index contributed by atoms with van der Waals surface area (Å²) in [5.41, 5.74) is 4.39. The molecule has 7 heteroatoms. The first-order valence-corrected chi connectivity index (χ1v) is 8.12. The number of benzene rings is 1. The number of carbonyl (C=O) groups is 1. The van der Waals surface area contributed by atoms with Crippen LogP contribution in [-0.2, 0) is 4.74 Å². The number of carbonyl (C=O) groups excluding carboxylic acids is 1. The third-order valence-corrected chi connectivity index (χ3v) is 3.86. The third-order valence-electron chi connectivity index (χ3n) is 2.82. The largest absolute Gasteiger partial charge is 0.494 e. The standard InChI is InChI=1S/C16H19N3O3S/c1-4-21-13-8-6-12(7-9-13)10-17-19-16-18-11(3)14(23-16)15(20)22-5-2/h6-10H,4-5H2,1-3H3,(H,18,19)/b17-10-. The first-order chi connectivity index (χ1) is 11.1. The van der Waals surface area contributed by atoms with E-state index in [4.69, 9.17) is 9.47 Å². The molecule has 2 rings (SSSR count). The van der Waals surface area contributed by atoms with Gasteiger partial charge in [0.2, 0.25) is 5.13 Å². The lowest BCUT2D eigenvalue weighted by Crippen LogP contribution is -2.03. The second-order valence-corrected chi connectivity index (χ2v) is 5.53. The van der Waals surface area contributed by atoms with Crippen molar-refractivity contribution in [2.24, 2.45) is 5.10 Å². The molecule has 0 radical (unpaired) electrons. The van der Waals surface area contributed by atoms with Crippen LogP contribution in [0.4, 0.5) is 5.13 Å². The Morgan fingerprint density at radius 2 is 2.04 bits per heavy atom. The molecule has 0 amide bonds. The van der Waals surface area contributed by atoms with Crippen molar-refractivity contribution in [3.8, 4) is 5.75 Å². The molecular weight excluding hydrogens is 314 g/mol. The normalized spacial score (nSPS) is 10.7. The van der Waals surface area contributed by atoms with Gasteiger partial charge in [0.1, 0.15) is 10.6 Å². The number of anilines is 1. The summed E-state index contributed by atoms with van der Waals surface area (Å²) in [6, 6.07) is 7.59. The van der Waals surface area contributed by atoms with Crippen LogP contribution in [0.15, 0.2) is 29.4 Å².